The summed E-state index contributed by atoms with van der Waals surface area (Å²) in [5, 5.41) is 10.9. The van der Waals surface area contributed by atoms with Crippen LogP contribution in [0.2, 0.25) is 14.8 Å². The molecular formula is C114H148Br2Cl2F2N12O13SSn. The fourth-order valence-electron chi connectivity index (χ4n) is 13.4. The second kappa shape index (κ2) is 59.7. The number of hydrogen-bond donors (Lipinski definition) is 6. The quantitative estimate of drug-likeness (QED) is 0.0144. The molecule has 147 heavy (non-hydrogen) atoms. The van der Waals surface area contributed by atoms with Gasteiger partial charge < -0.3 is 69.1 Å². The van der Waals surface area contributed by atoms with Gasteiger partial charge in [-0.3, -0.25) is 16.0 Å². The summed E-state index contributed by atoms with van der Waals surface area (Å²) in [5.74, 6) is 5.78. The number of halogens is 6. The van der Waals surface area contributed by atoms with Crippen LogP contribution in [0.5, 0.6) is 57.5 Å². The molecule has 0 aromatic heterocycles. The Balaban J connectivity index is 0.000000311. The van der Waals surface area contributed by atoms with Crippen LogP contribution in [-0.4, -0.2) is 179 Å². The number of carbonyl (C=O) groups excluding carboxylic acids is 4. The van der Waals surface area contributed by atoms with E-state index in [-0.39, 0.29) is 36.4 Å². The zero-order valence-corrected chi connectivity index (χ0v) is 98.3. The normalized spacial score (nSPS) is 11.2. The molecule has 794 valence electrons. The molecule has 25 nitrogen and oxygen atoms in total. The summed E-state index contributed by atoms with van der Waals surface area (Å²) in [6, 6.07) is 78.5. The third-order valence-electron chi connectivity index (χ3n) is 19.4. The van der Waals surface area contributed by atoms with Crippen LogP contribution in [0.1, 0.15) is 122 Å². The van der Waals surface area contributed by atoms with E-state index in [0.717, 1.165) is 109 Å². The zero-order chi connectivity index (χ0) is 107. The van der Waals surface area contributed by atoms with E-state index < -0.39 is 71.0 Å². The summed E-state index contributed by atoms with van der Waals surface area (Å²) in [6.07, 6.45) is -2.20. The minimum Gasteiger partial charge on any atom is -0.455 e. The molecule has 33 heteroatoms. The zero-order valence-electron chi connectivity index (χ0n) is 89.9. The maximum Gasteiger partial charge on any atom is 0.412 e. The number of nitrogens with two attached hydrogens (primary N) is 2. The smallest absolute Gasteiger partial charge is 0.412 e. The van der Waals surface area contributed by atoms with E-state index in [1.165, 1.54) is 45.7 Å². The van der Waals surface area contributed by atoms with Crippen LogP contribution < -0.4 is 60.0 Å². The average Bonchev–Trinajstić information content (AvgIpc) is 0.812. The van der Waals surface area contributed by atoms with E-state index in [4.69, 9.17) is 54.1 Å². The average molecular weight is 2310 g/mol. The Morgan fingerprint density at radius 3 is 0.912 bits per heavy atom. The molecule has 0 aliphatic rings. The first-order valence-electron chi connectivity index (χ1n) is 47.3. The molecule has 0 atom stereocenters. The standard InChI is InChI=1S/C20H25BrN2O3.C20H25FN2O3.C20H25FN2O2S.C20H25N2O3.C16H20N2O.C15H17BrN2O.3CH3.2ClH.Sn/c2*1-20(2,3)26-19(24)22-16-11-10-15(21)12-18(16)25-17-9-7-6-8-14(17)13-23(4)5;1-20(2,3)25-19(24)22-16-11-10-15(21)12-18(16)26-17-9-7-6-8-14(17)13-23(4)5;1-20(2,3)25-19(23)21-16-11-7-9-13-18(16)24-17-12-8-6-10-15(17)14-22(4)5;1-12-8-9-14(17)16(10-12)19-15-7-5-4-6-13(15)11-18(2)3;1-18(2)10-11-5-3-4-6-14(11)19-15-9-12(16)7-8-13(15)17;;;;;;/h3*6-12H,13H2,1-5H3,(H,22,24);6-8,10-13H,14H2,1-5H3,(H,21,23);4-10H,11,17H2,1-3H3;3-9H,10,17H2,1-2H3;3*1H3;2*1H;/i;21-1;;;;;;;;;;. The van der Waals surface area contributed by atoms with E-state index in [1.807, 2.05) is 314 Å². The summed E-state index contributed by atoms with van der Waals surface area (Å²) in [7, 11) is 24.1. The van der Waals surface area contributed by atoms with E-state index in [0.29, 0.717) is 74.3 Å². The molecule has 8 N–H and O–H groups in total. The summed E-state index contributed by atoms with van der Waals surface area (Å²) in [6.45, 7) is 28.3. The minimum atomic E-state index is -2.33. The number of ether oxygens (including phenoxy) is 9. The molecule has 0 fully saturated rings. The molecule has 0 radical (unpaired) electrons. The number of rotatable bonds is 29. The molecule has 0 saturated carbocycles. The van der Waals surface area contributed by atoms with Gasteiger partial charge in [0.25, 0.3) is 0 Å². The van der Waals surface area contributed by atoms with E-state index in [2.05, 4.69) is 123 Å². The van der Waals surface area contributed by atoms with Gasteiger partial charge in [0.15, 0.2) is 23.0 Å². The molecule has 4 amide bonds. The summed E-state index contributed by atoms with van der Waals surface area (Å²) in [5.41, 5.74) is 20.4. The van der Waals surface area contributed by atoms with Gasteiger partial charge in [-0.1, -0.05) is 141 Å². The molecule has 0 bridgehead atoms. The number of carbonyl (C=O) groups is 4. The van der Waals surface area contributed by atoms with Gasteiger partial charge in [0.2, 0.25) is 0 Å². The first-order valence-corrected chi connectivity index (χ1v) is 59.7. The van der Waals surface area contributed by atoms with Crippen molar-refractivity contribution in [2.24, 2.45) is 0 Å². The molecule has 12 aromatic carbocycles. The molecule has 0 heterocycles. The molecule has 0 saturated heterocycles. The predicted molar refractivity (Wildman–Crippen MR) is 612 cm³/mol. The van der Waals surface area contributed by atoms with Gasteiger partial charge >= 0.3 is 198 Å². The number of benzene rings is 12. The van der Waals surface area contributed by atoms with Gasteiger partial charge in [0, 0.05) is 79.8 Å². The van der Waals surface area contributed by atoms with Gasteiger partial charge in [-0.05, 0) is 260 Å². The van der Waals surface area contributed by atoms with Gasteiger partial charge in [-0.2, -0.15) is 0 Å². The molecule has 12 aromatic rings. The number of hydrogen-bond acceptors (Lipinski definition) is 22. The molecule has 12 rings (SSSR count). The van der Waals surface area contributed by atoms with Crippen LogP contribution >= 0.6 is 68.4 Å². The topological polar surface area (TPSA) is 271 Å². The maximum atomic E-state index is 13.8. The van der Waals surface area contributed by atoms with Crippen molar-refractivity contribution < 1.29 is 70.6 Å². The summed E-state index contributed by atoms with van der Waals surface area (Å²) < 4.78 is 82.3. The van der Waals surface area contributed by atoms with Crippen LogP contribution in [0.15, 0.2) is 274 Å². The van der Waals surface area contributed by atoms with Crippen LogP contribution in [-0.2, 0) is 58.2 Å². The first-order chi connectivity index (χ1) is 67.9. The second-order valence-corrected chi connectivity index (χ2v) is 58.2. The third kappa shape index (κ3) is 47.8. The summed E-state index contributed by atoms with van der Waals surface area (Å²) >= 11 is 5.97. The van der Waals surface area contributed by atoms with Gasteiger partial charge in [0.1, 0.15) is 51.4 Å². The number of aryl methyl sites for hydroxylation is 1. The fraction of sp³-hybridized carbons (Fsp3) is 0.333. The van der Waals surface area contributed by atoms with Crippen molar-refractivity contribution in [1.82, 2.24) is 29.4 Å². The van der Waals surface area contributed by atoms with E-state index in [1.54, 1.807) is 59.7 Å². The predicted octanol–water partition coefficient (Wildman–Crippen LogP) is 29.7. The van der Waals surface area contributed by atoms with Crippen molar-refractivity contribution in [2.75, 3.05) is 117 Å². The second-order valence-electron chi connectivity index (χ2n) is 40.8. The van der Waals surface area contributed by atoms with Gasteiger partial charge in [-0.25, -0.2) is 23.2 Å². The first kappa shape index (κ1) is 126. The van der Waals surface area contributed by atoms with Gasteiger partial charge in [-0.15, -0.1) is 24.8 Å². The van der Waals surface area contributed by atoms with Crippen LogP contribution in [0, 0.1) is 18.6 Å². The molecular weight excluding hydrogens is 2160 g/mol. The Bertz CT molecular complexity index is 5820. The number of anilines is 6. The van der Waals surface area contributed by atoms with Crippen molar-refractivity contribution in [2.45, 2.75) is 176 Å². The summed E-state index contributed by atoms with van der Waals surface area (Å²) in [4.78, 5) is 69.8. The SMILES string of the molecule is CN(C)Cc1ccccc1Oc1c[c]([Sn]([CH3])([CH3])[CH3])ccc1NC(=O)OC(C)(C)C.CN(C)Cc1ccccc1Oc1cc(Br)ccc1N.CN(C)Cc1ccccc1Oc1cc(Br)ccc1NC(=O)OC(C)(C)C.CN(C)Cc1ccccc1Oc1cc([18F])ccc1NC(=O)OC(C)(C)C.CN(C)Cc1ccccc1Sc1cc(F)ccc1NC(=O)OC(C)(C)C.Cc1ccc(N)c(Oc2ccccc2CN(C)C)c1.Cl.Cl. The molecule has 0 aliphatic carbocycles. The van der Waals surface area contributed by atoms with Crippen molar-refractivity contribution in [3.05, 3.63) is 314 Å². The number of nitrogens with zero attached hydrogens (tertiary/aromatic N) is 6. The Morgan fingerprint density at radius 2 is 0.565 bits per heavy atom. The Hall–Kier alpha value is -11.4. The van der Waals surface area contributed by atoms with Crippen LogP contribution in [0.3, 0.4) is 0 Å². The number of amides is 4. The Kier molecular flexibility index (Phi) is 51.2. The molecule has 0 spiro atoms. The fourth-order valence-corrected chi connectivity index (χ4v) is 18.4. The Morgan fingerprint density at radius 1 is 0.306 bits per heavy atom. The van der Waals surface area contributed by atoms with Crippen molar-refractivity contribution in [3.8, 4) is 57.5 Å². The number of nitrogens with one attached hydrogen (secondary N) is 4. The third-order valence-corrected chi connectivity index (χ3v) is 27.4. The van der Waals surface area contributed by atoms with Crippen LogP contribution in [0.4, 0.5) is 62.1 Å². The van der Waals surface area contributed by atoms with Gasteiger partial charge in [0.05, 0.1) is 28.4 Å². The van der Waals surface area contributed by atoms with Crippen molar-refractivity contribution in [3.63, 3.8) is 0 Å². The molecule has 0 unspecified atom stereocenters. The molecule has 0 aliphatic heterocycles. The monoisotopic (exact) mass is 2310 g/mol. The number of nitrogen functional groups attached to an aromatic ring is 2. The Labute approximate surface area is 907 Å². The minimum absolute atomic E-state index is 0. The largest absolute Gasteiger partial charge is 0.455 e. The number of para-hydroxylation sites is 5. The maximum absolute atomic E-state index is 13.8. The van der Waals surface area contributed by atoms with E-state index >= 15 is 0 Å². The van der Waals surface area contributed by atoms with Crippen molar-refractivity contribution in [1.29, 1.82) is 0 Å². The van der Waals surface area contributed by atoms with Crippen LogP contribution in [0.25, 0.3) is 0 Å². The van der Waals surface area contributed by atoms with Crippen molar-refractivity contribution >= 4 is 149 Å². The van der Waals surface area contributed by atoms with E-state index in [9.17, 15) is 28.0 Å².